The molecule has 2 aromatic rings. The molecule has 0 aliphatic rings. The first kappa shape index (κ1) is 9.06. The number of H-pyrrole nitrogens is 2. The van der Waals surface area contributed by atoms with Gasteiger partial charge in [-0.25, -0.2) is 14.8 Å². The fraction of sp³-hybridized carbons (Fsp3) is 0. The summed E-state index contributed by atoms with van der Waals surface area (Å²) < 4.78 is 0. The van der Waals surface area contributed by atoms with Crippen LogP contribution < -0.4 is 10.8 Å². The van der Waals surface area contributed by atoms with Crippen LogP contribution in [-0.2, 0) is 4.84 Å². The van der Waals surface area contributed by atoms with E-state index in [0.717, 1.165) is 0 Å². The lowest BCUT2D eigenvalue weighted by Crippen LogP contribution is -2.18. The van der Waals surface area contributed by atoms with E-state index >= 15 is 0 Å². The minimum Gasteiger partial charge on any atom is -0.331 e. The molecule has 2 heterocycles. The van der Waals surface area contributed by atoms with Crippen LogP contribution in [0.4, 0.5) is 16.7 Å². The van der Waals surface area contributed by atoms with Gasteiger partial charge in [0.05, 0.1) is 0 Å². The van der Waals surface area contributed by atoms with E-state index in [4.69, 9.17) is 0 Å². The van der Waals surface area contributed by atoms with Gasteiger partial charge in [-0.2, -0.15) is 5.48 Å². The van der Waals surface area contributed by atoms with E-state index in [9.17, 15) is 4.79 Å². The van der Waals surface area contributed by atoms with E-state index < -0.39 is 6.09 Å². The number of nitrogens with zero attached hydrogens (tertiary/aromatic N) is 2. The molecule has 15 heavy (non-hydrogen) atoms. The van der Waals surface area contributed by atoms with Crippen molar-refractivity contribution in [2.75, 3.05) is 10.8 Å². The lowest BCUT2D eigenvalue weighted by Gasteiger charge is -2.03. The predicted octanol–water partition coefficient (Wildman–Crippen LogP) is 0.708. The molecule has 8 nitrogen and oxygen atoms in total. The molecule has 0 spiro atoms. The van der Waals surface area contributed by atoms with E-state index in [-0.39, 0.29) is 0 Å². The Kier molecular flexibility index (Phi) is 2.50. The summed E-state index contributed by atoms with van der Waals surface area (Å²) in [5.41, 5.74) is 2.32. The molecule has 0 atom stereocenters. The zero-order chi connectivity index (χ0) is 10.5. The van der Waals surface area contributed by atoms with Gasteiger partial charge in [-0.1, -0.05) is 0 Å². The van der Waals surface area contributed by atoms with Gasteiger partial charge >= 0.3 is 6.09 Å². The molecule has 2 rings (SSSR count). The Hall–Kier alpha value is -2.51. The van der Waals surface area contributed by atoms with Gasteiger partial charge in [0.15, 0.2) is 0 Å². The van der Waals surface area contributed by atoms with Crippen molar-refractivity contribution < 1.29 is 9.63 Å². The Morgan fingerprint density at radius 2 is 1.87 bits per heavy atom. The summed E-state index contributed by atoms with van der Waals surface area (Å²) in [6.45, 7) is 0. The highest BCUT2D eigenvalue weighted by Crippen LogP contribution is 1.98. The Morgan fingerprint density at radius 3 is 2.47 bits per heavy atom. The number of carbonyl (C=O) groups excluding carboxylic acids is 1. The van der Waals surface area contributed by atoms with Crippen LogP contribution in [0.2, 0.25) is 0 Å². The van der Waals surface area contributed by atoms with Crippen molar-refractivity contribution >= 4 is 18.0 Å². The van der Waals surface area contributed by atoms with Crippen molar-refractivity contribution in [2.45, 2.75) is 0 Å². The molecule has 0 unspecified atom stereocenters. The lowest BCUT2D eigenvalue weighted by molar-refractivity contribution is 0.184. The van der Waals surface area contributed by atoms with E-state index in [0.29, 0.717) is 11.9 Å². The second-order valence-electron chi connectivity index (χ2n) is 2.49. The third-order valence-electron chi connectivity index (χ3n) is 1.46. The van der Waals surface area contributed by atoms with Crippen LogP contribution >= 0.6 is 0 Å². The zero-order valence-corrected chi connectivity index (χ0v) is 7.52. The van der Waals surface area contributed by atoms with Gasteiger partial charge in [0.1, 0.15) is 0 Å². The molecule has 0 aromatic carbocycles. The SMILES string of the molecule is O=C(Nc1ncc[nH]1)ONc1ncc[nH]1. The van der Waals surface area contributed by atoms with Gasteiger partial charge in [-0.15, -0.1) is 0 Å². The Labute approximate surface area is 84.0 Å². The maximum absolute atomic E-state index is 11.1. The average molecular weight is 208 g/mol. The number of imidazole rings is 2. The maximum atomic E-state index is 11.1. The van der Waals surface area contributed by atoms with Crippen molar-refractivity contribution in [3.63, 3.8) is 0 Å². The van der Waals surface area contributed by atoms with Crippen LogP contribution in [0.5, 0.6) is 0 Å². The largest absolute Gasteiger partial charge is 0.438 e. The second-order valence-corrected chi connectivity index (χ2v) is 2.49. The summed E-state index contributed by atoms with van der Waals surface area (Å²) >= 11 is 0. The second kappa shape index (κ2) is 4.13. The summed E-state index contributed by atoms with van der Waals surface area (Å²) in [5, 5.41) is 2.35. The molecule has 1 amide bonds. The number of hydrogen-bond acceptors (Lipinski definition) is 5. The Morgan fingerprint density at radius 1 is 1.20 bits per heavy atom. The van der Waals surface area contributed by atoms with Crippen molar-refractivity contribution in [2.24, 2.45) is 0 Å². The van der Waals surface area contributed by atoms with Crippen molar-refractivity contribution in [3.05, 3.63) is 24.8 Å². The molecule has 0 aliphatic heterocycles. The monoisotopic (exact) mass is 208 g/mol. The number of rotatable bonds is 3. The number of hydrogen-bond donors (Lipinski definition) is 4. The third-order valence-corrected chi connectivity index (χ3v) is 1.46. The normalized spacial score (nSPS) is 9.60. The zero-order valence-electron chi connectivity index (χ0n) is 7.52. The van der Waals surface area contributed by atoms with Gasteiger partial charge in [0, 0.05) is 24.8 Å². The third kappa shape index (κ3) is 2.46. The molecular weight excluding hydrogens is 200 g/mol. The van der Waals surface area contributed by atoms with E-state index in [1.54, 1.807) is 12.4 Å². The van der Waals surface area contributed by atoms with E-state index in [1.165, 1.54) is 12.4 Å². The first-order chi connectivity index (χ1) is 7.34. The molecule has 4 N–H and O–H groups in total. The van der Waals surface area contributed by atoms with Crippen molar-refractivity contribution in [1.29, 1.82) is 0 Å². The molecular formula is C7H8N6O2. The van der Waals surface area contributed by atoms with Gasteiger partial charge < -0.3 is 14.8 Å². The van der Waals surface area contributed by atoms with E-state index in [2.05, 4.69) is 35.6 Å². The predicted molar refractivity (Wildman–Crippen MR) is 50.9 cm³/mol. The molecule has 0 saturated heterocycles. The Balaban J connectivity index is 1.78. The lowest BCUT2D eigenvalue weighted by atomic mass is 10.9. The molecule has 0 radical (unpaired) electrons. The van der Waals surface area contributed by atoms with Crippen LogP contribution in [0, 0.1) is 0 Å². The first-order valence-electron chi connectivity index (χ1n) is 4.07. The highest BCUT2D eigenvalue weighted by molar-refractivity contribution is 5.82. The maximum Gasteiger partial charge on any atom is 0.438 e. The van der Waals surface area contributed by atoms with Gasteiger partial charge in [0.25, 0.3) is 0 Å². The number of aromatic nitrogens is 4. The van der Waals surface area contributed by atoms with Gasteiger partial charge in [0.2, 0.25) is 11.9 Å². The molecule has 0 saturated carbocycles. The van der Waals surface area contributed by atoms with Gasteiger partial charge in [-0.05, 0) is 0 Å². The number of carbonyl (C=O) groups is 1. The minimum absolute atomic E-state index is 0.307. The van der Waals surface area contributed by atoms with Crippen LogP contribution in [0.15, 0.2) is 24.8 Å². The van der Waals surface area contributed by atoms with Crippen LogP contribution in [0.25, 0.3) is 0 Å². The number of amides is 1. The standard InChI is InChI=1S/C7H8N6O2/c14-7(12-5-8-1-2-9-5)15-13-6-10-3-4-11-6/h1-4H,(H2,10,11,13)(H2,8,9,12,14). The van der Waals surface area contributed by atoms with Crippen LogP contribution in [-0.4, -0.2) is 26.0 Å². The average Bonchev–Trinajstić information content (AvgIpc) is 2.86. The summed E-state index contributed by atoms with van der Waals surface area (Å²) in [4.78, 5) is 28.7. The fourth-order valence-electron chi connectivity index (χ4n) is 0.872. The first-order valence-corrected chi connectivity index (χ1v) is 4.07. The molecule has 78 valence electrons. The van der Waals surface area contributed by atoms with E-state index in [1.807, 2.05) is 0 Å². The van der Waals surface area contributed by atoms with Crippen LogP contribution in [0.1, 0.15) is 0 Å². The molecule has 0 bridgehead atoms. The fourth-order valence-corrected chi connectivity index (χ4v) is 0.872. The number of nitrogens with one attached hydrogen (secondary N) is 4. The molecule has 2 aromatic heterocycles. The highest BCUT2D eigenvalue weighted by Gasteiger charge is 2.04. The minimum atomic E-state index is -0.693. The smallest absolute Gasteiger partial charge is 0.331 e. The highest BCUT2D eigenvalue weighted by atomic mass is 16.7. The van der Waals surface area contributed by atoms with Crippen molar-refractivity contribution in [3.8, 4) is 0 Å². The molecule has 8 heteroatoms. The summed E-state index contributed by atoms with van der Waals surface area (Å²) in [6.07, 6.45) is 5.51. The Bertz CT molecular complexity index is 409. The number of aromatic amines is 2. The van der Waals surface area contributed by atoms with Crippen LogP contribution in [0.3, 0.4) is 0 Å². The quantitative estimate of drug-likeness (QED) is 0.555. The molecule has 0 aliphatic carbocycles. The summed E-state index contributed by atoms with van der Waals surface area (Å²) in [5.74, 6) is 0.644. The van der Waals surface area contributed by atoms with Crippen molar-refractivity contribution in [1.82, 2.24) is 19.9 Å². The van der Waals surface area contributed by atoms with Gasteiger partial charge in [-0.3, -0.25) is 5.32 Å². The topological polar surface area (TPSA) is 108 Å². The summed E-state index contributed by atoms with van der Waals surface area (Å²) in [6, 6.07) is 0. The molecule has 0 fully saturated rings. The summed E-state index contributed by atoms with van der Waals surface area (Å²) in [7, 11) is 0. The number of anilines is 2.